The Labute approximate surface area is 113 Å². The van der Waals surface area contributed by atoms with Crippen molar-refractivity contribution in [1.82, 2.24) is 9.88 Å². The van der Waals surface area contributed by atoms with Gasteiger partial charge in [-0.15, -0.1) is 0 Å². The number of anilines is 1. The van der Waals surface area contributed by atoms with Crippen LogP contribution in [0.4, 0.5) is 5.69 Å². The second-order valence-corrected chi connectivity index (χ2v) is 5.24. The average molecular weight is 263 g/mol. The summed E-state index contributed by atoms with van der Waals surface area (Å²) in [5.74, 6) is -0.0143. The molecule has 0 unspecified atom stereocenters. The first-order chi connectivity index (χ1) is 9.03. The van der Waals surface area contributed by atoms with Crippen molar-refractivity contribution in [2.75, 3.05) is 25.0 Å². The Hall–Kier alpha value is -1.62. The minimum Gasteiger partial charge on any atom is -0.390 e. The molecule has 2 rings (SSSR count). The summed E-state index contributed by atoms with van der Waals surface area (Å²) >= 11 is 0. The molecule has 19 heavy (non-hydrogen) atoms. The average Bonchev–Trinajstić information content (AvgIpc) is 2.39. The van der Waals surface area contributed by atoms with Crippen LogP contribution >= 0.6 is 0 Å². The maximum atomic E-state index is 12.5. The van der Waals surface area contributed by atoms with Gasteiger partial charge in [-0.2, -0.15) is 0 Å². The van der Waals surface area contributed by atoms with Gasteiger partial charge in [0.05, 0.1) is 16.9 Å². The maximum absolute atomic E-state index is 12.5. The molecule has 0 atom stereocenters. The van der Waals surface area contributed by atoms with Crippen molar-refractivity contribution in [1.29, 1.82) is 0 Å². The molecule has 0 bridgehead atoms. The number of piperidine rings is 1. The van der Waals surface area contributed by atoms with E-state index in [4.69, 9.17) is 0 Å². The van der Waals surface area contributed by atoms with Gasteiger partial charge in [-0.3, -0.25) is 9.78 Å². The smallest absolute Gasteiger partial charge is 0.257 e. The number of aliphatic hydroxyl groups is 1. The number of aromatic nitrogens is 1. The van der Waals surface area contributed by atoms with E-state index in [0.717, 1.165) is 12.2 Å². The van der Waals surface area contributed by atoms with Crippen LogP contribution in [0.2, 0.25) is 0 Å². The number of nitrogens with one attached hydrogen (secondary N) is 1. The summed E-state index contributed by atoms with van der Waals surface area (Å²) in [6.07, 6.45) is 4.52. The number of nitrogens with zero attached hydrogens (tertiary/aromatic N) is 2. The monoisotopic (exact) mass is 263 g/mol. The lowest BCUT2D eigenvalue weighted by molar-refractivity contribution is -0.00200. The van der Waals surface area contributed by atoms with Gasteiger partial charge in [0.1, 0.15) is 0 Å². The van der Waals surface area contributed by atoms with Gasteiger partial charge in [0, 0.05) is 32.0 Å². The molecule has 1 aliphatic heterocycles. The molecule has 5 heteroatoms. The third-order valence-electron chi connectivity index (χ3n) is 3.55. The molecule has 104 valence electrons. The van der Waals surface area contributed by atoms with Crippen LogP contribution in [0.1, 0.15) is 37.0 Å². The maximum Gasteiger partial charge on any atom is 0.257 e. The van der Waals surface area contributed by atoms with E-state index < -0.39 is 5.60 Å². The van der Waals surface area contributed by atoms with Crippen LogP contribution in [-0.2, 0) is 0 Å². The van der Waals surface area contributed by atoms with E-state index in [1.165, 1.54) is 0 Å². The van der Waals surface area contributed by atoms with Gasteiger partial charge < -0.3 is 15.3 Å². The zero-order chi connectivity index (χ0) is 13.9. The second-order valence-electron chi connectivity index (χ2n) is 5.24. The van der Waals surface area contributed by atoms with E-state index in [-0.39, 0.29) is 5.91 Å². The Kier molecular flexibility index (Phi) is 4.04. The Bertz CT molecular complexity index is 450. The van der Waals surface area contributed by atoms with Crippen molar-refractivity contribution >= 4 is 11.6 Å². The lowest BCUT2D eigenvalue weighted by Crippen LogP contribution is -2.45. The topological polar surface area (TPSA) is 65.5 Å². The zero-order valence-corrected chi connectivity index (χ0v) is 11.5. The molecule has 0 radical (unpaired) electrons. The van der Waals surface area contributed by atoms with Crippen LogP contribution in [0, 0.1) is 0 Å². The van der Waals surface area contributed by atoms with Crippen LogP contribution in [0.15, 0.2) is 18.5 Å². The van der Waals surface area contributed by atoms with Crippen molar-refractivity contribution in [2.45, 2.75) is 32.3 Å². The van der Waals surface area contributed by atoms with Crippen molar-refractivity contribution < 1.29 is 9.90 Å². The molecule has 1 amide bonds. The molecule has 2 N–H and O–H groups in total. The first-order valence-electron chi connectivity index (χ1n) is 6.73. The number of hydrogen-bond donors (Lipinski definition) is 2. The second kappa shape index (κ2) is 5.57. The van der Waals surface area contributed by atoms with E-state index in [0.29, 0.717) is 31.5 Å². The predicted octanol–water partition coefficient (Wildman–Crippen LogP) is 1.50. The number of hydrogen-bond acceptors (Lipinski definition) is 4. The fraction of sp³-hybridized carbons (Fsp3) is 0.571. The molecule has 0 aromatic carbocycles. The third-order valence-corrected chi connectivity index (χ3v) is 3.55. The van der Waals surface area contributed by atoms with Gasteiger partial charge in [0.2, 0.25) is 0 Å². The molecule has 1 aliphatic rings. The molecule has 1 aromatic rings. The van der Waals surface area contributed by atoms with Crippen molar-refractivity contribution in [3.05, 3.63) is 24.0 Å². The first-order valence-corrected chi connectivity index (χ1v) is 6.73. The van der Waals surface area contributed by atoms with Gasteiger partial charge >= 0.3 is 0 Å². The van der Waals surface area contributed by atoms with E-state index in [1.54, 1.807) is 17.3 Å². The molecule has 5 nitrogen and oxygen atoms in total. The normalized spacial score (nSPS) is 18.2. The quantitative estimate of drug-likeness (QED) is 0.867. The van der Waals surface area contributed by atoms with Gasteiger partial charge in [-0.1, -0.05) is 0 Å². The molecule has 1 aromatic heterocycles. The van der Waals surface area contributed by atoms with Gasteiger partial charge in [0.25, 0.3) is 5.91 Å². The first kappa shape index (κ1) is 13.8. The number of amides is 1. The summed E-state index contributed by atoms with van der Waals surface area (Å²) in [6.45, 7) is 5.76. The molecule has 1 fully saturated rings. The van der Waals surface area contributed by atoms with Gasteiger partial charge in [0.15, 0.2) is 0 Å². The fourth-order valence-electron chi connectivity index (χ4n) is 2.27. The van der Waals surface area contributed by atoms with E-state index in [9.17, 15) is 9.90 Å². The lowest BCUT2D eigenvalue weighted by Gasteiger charge is -2.36. The summed E-state index contributed by atoms with van der Waals surface area (Å²) in [7, 11) is 0. The van der Waals surface area contributed by atoms with Crippen LogP contribution in [0.3, 0.4) is 0 Å². The fourth-order valence-corrected chi connectivity index (χ4v) is 2.27. The van der Waals surface area contributed by atoms with Crippen LogP contribution < -0.4 is 5.32 Å². The van der Waals surface area contributed by atoms with Crippen LogP contribution in [0.5, 0.6) is 0 Å². The Morgan fingerprint density at radius 1 is 1.53 bits per heavy atom. The largest absolute Gasteiger partial charge is 0.390 e. The van der Waals surface area contributed by atoms with E-state index in [2.05, 4.69) is 10.3 Å². The highest BCUT2D eigenvalue weighted by molar-refractivity contribution is 5.99. The van der Waals surface area contributed by atoms with Gasteiger partial charge in [-0.05, 0) is 32.8 Å². The number of pyridine rings is 1. The summed E-state index contributed by atoms with van der Waals surface area (Å²) in [5.41, 5.74) is 0.779. The predicted molar refractivity (Wildman–Crippen MR) is 74.2 cm³/mol. The lowest BCUT2D eigenvalue weighted by atomic mass is 9.93. The number of likely N-dealkylation sites (tertiary alicyclic amines) is 1. The number of carbonyl (C=O) groups is 1. The summed E-state index contributed by atoms with van der Waals surface area (Å²) < 4.78 is 0. The molecule has 1 saturated heterocycles. The van der Waals surface area contributed by atoms with Crippen molar-refractivity contribution in [3.8, 4) is 0 Å². The van der Waals surface area contributed by atoms with Crippen LogP contribution in [0.25, 0.3) is 0 Å². The zero-order valence-electron chi connectivity index (χ0n) is 11.5. The van der Waals surface area contributed by atoms with Gasteiger partial charge in [-0.25, -0.2) is 0 Å². The SMILES string of the molecule is CCNc1ccncc1C(=O)N1CCC(C)(O)CC1. The molecule has 0 saturated carbocycles. The van der Waals surface area contributed by atoms with Crippen molar-refractivity contribution in [3.63, 3.8) is 0 Å². The minimum absolute atomic E-state index is 0.0143. The molecular weight excluding hydrogens is 242 g/mol. The van der Waals surface area contributed by atoms with Crippen molar-refractivity contribution in [2.24, 2.45) is 0 Å². The third kappa shape index (κ3) is 3.23. The summed E-state index contributed by atoms with van der Waals surface area (Å²) in [4.78, 5) is 18.3. The Morgan fingerprint density at radius 2 is 2.21 bits per heavy atom. The summed E-state index contributed by atoms with van der Waals surface area (Å²) in [6, 6.07) is 1.82. The molecule has 0 aliphatic carbocycles. The van der Waals surface area contributed by atoms with E-state index >= 15 is 0 Å². The van der Waals surface area contributed by atoms with Crippen LogP contribution in [-0.4, -0.2) is 46.1 Å². The Morgan fingerprint density at radius 3 is 2.84 bits per heavy atom. The summed E-state index contributed by atoms with van der Waals surface area (Å²) in [5, 5.41) is 13.1. The number of rotatable bonds is 3. The standard InChI is InChI=1S/C14H21N3O2/c1-3-16-12-4-7-15-10-11(12)13(18)17-8-5-14(2,19)6-9-17/h4,7,10,19H,3,5-6,8-9H2,1-2H3,(H,15,16). The molecular formula is C14H21N3O2. The molecule has 0 spiro atoms. The Balaban J connectivity index is 2.12. The number of carbonyl (C=O) groups excluding carboxylic acids is 1. The molecule has 2 heterocycles. The highest BCUT2D eigenvalue weighted by Crippen LogP contribution is 2.24. The highest BCUT2D eigenvalue weighted by atomic mass is 16.3. The van der Waals surface area contributed by atoms with E-state index in [1.807, 2.05) is 19.9 Å². The minimum atomic E-state index is -0.643. The highest BCUT2D eigenvalue weighted by Gasteiger charge is 2.30.